The highest BCUT2D eigenvalue weighted by molar-refractivity contribution is 6.03. The summed E-state index contributed by atoms with van der Waals surface area (Å²) in [5.74, 6) is 0.491. The molecule has 0 aliphatic heterocycles. The van der Waals surface area contributed by atoms with Crippen LogP contribution in [0.3, 0.4) is 0 Å². The molecule has 2 heterocycles. The van der Waals surface area contributed by atoms with Crippen LogP contribution in [-0.2, 0) is 0 Å². The largest absolute Gasteiger partial charge is 0.451 e. The Bertz CT molecular complexity index is 1500. The third-order valence-electron chi connectivity index (χ3n) is 5.12. The molecular weight excluding hydrogens is 422 g/mol. The minimum atomic E-state index is -0.482. The zero-order valence-electron chi connectivity index (χ0n) is 17.4. The molecule has 1 amide bonds. The lowest BCUT2D eigenvalue weighted by Crippen LogP contribution is -2.10. The molecule has 0 fully saturated rings. The molecule has 0 aliphatic carbocycles. The number of fused-ring (bicyclic) bond motifs is 1. The van der Waals surface area contributed by atoms with Gasteiger partial charge < -0.3 is 14.2 Å². The van der Waals surface area contributed by atoms with E-state index in [9.17, 15) is 14.9 Å². The molecule has 33 heavy (non-hydrogen) atoms. The molecule has 8 nitrogen and oxygen atoms in total. The number of oxazole rings is 1. The first-order valence-corrected chi connectivity index (χ1v) is 10.1. The predicted octanol–water partition coefficient (Wildman–Crippen LogP) is 6.22. The Morgan fingerprint density at radius 2 is 1.76 bits per heavy atom. The number of hydrogen-bond donors (Lipinski definition) is 1. The summed E-state index contributed by atoms with van der Waals surface area (Å²) in [5, 5.41) is 13.8. The second kappa shape index (κ2) is 8.08. The summed E-state index contributed by atoms with van der Waals surface area (Å²) in [5.41, 5.74) is 4.22. The first-order valence-electron chi connectivity index (χ1n) is 10.1. The molecule has 0 saturated carbocycles. The number of nitrogens with zero attached hydrogens (tertiary/aromatic N) is 2. The van der Waals surface area contributed by atoms with Crippen LogP contribution in [-0.4, -0.2) is 15.8 Å². The zero-order chi connectivity index (χ0) is 22.9. The number of non-ortho nitro benzene ring substituents is 1. The third-order valence-corrected chi connectivity index (χ3v) is 5.12. The van der Waals surface area contributed by atoms with E-state index in [4.69, 9.17) is 8.83 Å². The highest BCUT2D eigenvalue weighted by Gasteiger charge is 2.16. The second-order valence-electron chi connectivity index (χ2n) is 7.49. The lowest BCUT2D eigenvalue weighted by Gasteiger charge is -2.02. The maximum Gasteiger partial charge on any atom is 0.291 e. The van der Waals surface area contributed by atoms with Crippen LogP contribution >= 0.6 is 0 Å². The van der Waals surface area contributed by atoms with Crippen LogP contribution in [0.5, 0.6) is 0 Å². The van der Waals surface area contributed by atoms with Crippen LogP contribution in [0.15, 0.2) is 87.7 Å². The summed E-state index contributed by atoms with van der Waals surface area (Å²) in [4.78, 5) is 27.7. The molecule has 1 N–H and O–H groups in total. The first-order chi connectivity index (χ1) is 16.0. The van der Waals surface area contributed by atoms with E-state index in [2.05, 4.69) is 10.3 Å². The van der Waals surface area contributed by atoms with Crippen molar-refractivity contribution in [2.75, 3.05) is 5.32 Å². The summed E-state index contributed by atoms with van der Waals surface area (Å²) in [6.45, 7) is 2.01. The first kappa shape index (κ1) is 20.2. The molecule has 0 spiro atoms. The van der Waals surface area contributed by atoms with Gasteiger partial charge in [-0.15, -0.1) is 0 Å². The quantitative estimate of drug-likeness (QED) is 0.257. The number of nitro groups is 1. The number of carbonyl (C=O) groups is 1. The van der Waals surface area contributed by atoms with E-state index < -0.39 is 10.8 Å². The third kappa shape index (κ3) is 4.09. The number of aryl methyl sites for hydroxylation is 1. The summed E-state index contributed by atoms with van der Waals surface area (Å²) in [6.07, 6.45) is 0. The van der Waals surface area contributed by atoms with Crippen molar-refractivity contribution in [2.24, 2.45) is 0 Å². The number of nitrogens with one attached hydrogen (secondary N) is 1. The molecule has 2 aromatic heterocycles. The van der Waals surface area contributed by atoms with Gasteiger partial charge in [0.1, 0.15) is 11.3 Å². The highest BCUT2D eigenvalue weighted by Crippen LogP contribution is 2.28. The highest BCUT2D eigenvalue weighted by atomic mass is 16.6. The van der Waals surface area contributed by atoms with Gasteiger partial charge >= 0.3 is 0 Å². The minimum absolute atomic E-state index is 0.0548. The van der Waals surface area contributed by atoms with Crippen molar-refractivity contribution >= 4 is 28.4 Å². The number of hydrogen-bond acceptors (Lipinski definition) is 6. The average Bonchev–Trinajstić information content (AvgIpc) is 3.47. The fraction of sp³-hybridized carbons (Fsp3) is 0.0400. The monoisotopic (exact) mass is 439 g/mol. The van der Waals surface area contributed by atoms with Crippen molar-refractivity contribution in [3.05, 3.63) is 100 Å². The van der Waals surface area contributed by atoms with E-state index in [1.165, 1.54) is 18.2 Å². The van der Waals surface area contributed by atoms with Crippen LogP contribution in [0.2, 0.25) is 0 Å². The molecule has 5 rings (SSSR count). The SMILES string of the molecule is Cc1ccc(-c2nc3cc(NC(=O)c4ccc(-c5cccc([N+](=O)[O-])c5)o4)ccc3o2)cc1. The number of rotatable bonds is 5. The van der Waals surface area contributed by atoms with Crippen LogP contribution in [0, 0.1) is 17.0 Å². The van der Waals surface area contributed by atoms with Gasteiger partial charge in [-0.05, 0) is 49.4 Å². The number of amides is 1. The molecule has 0 bridgehead atoms. The van der Waals surface area contributed by atoms with E-state index in [0.717, 1.165) is 11.1 Å². The Labute approximate surface area is 187 Å². The number of anilines is 1. The van der Waals surface area contributed by atoms with Crippen molar-refractivity contribution in [3.8, 4) is 22.8 Å². The van der Waals surface area contributed by atoms with Gasteiger partial charge in [0.15, 0.2) is 11.3 Å². The molecule has 0 aliphatic rings. The van der Waals surface area contributed by atoms with Gasteiger partial charge in [-0.25, -0.2) is 4.98 Å². The topological polar surface area (TPSA) is 111 Å². The molecule has 0 radical (unpaired) electrons. The van der Waals surface area contributed by atoms with E-state index in [1.807, 2.05) is 31.2 Å². The number of nitro benzene ring substituents is 1. The van der Waals surface area contributed by atoms with E-state index in [-0.39, 0.29) is 11.4 Å². The van der Waals surface area contributed by atoms with Crippen LogP contribution in [0.1, 0.15) is 16.1 Å². The van der Waals surface area contributed by atoms with Gasteiger partial charge in [0, 0.05) is 28.9 Å². The second-order valence-corrected chi connectivity index (χ2v) is 7.49. The van der Waals surface area contributed by atoms with Gasteiger partial charge in [-0.2, -0.15) is 0 Å². The van der Waals surface area contributed by atoms with E-state index in [0.29, 0.717) is 34.0 Å². The maximum absolute atomic E-state index is 12.7. The summed E-state index contributed by atoms with van der Waals surface area (Å²) in [6, 6.07) is 22.2. The molecule has 3 aromatic carbocycles. The maximum atomic E-state index is 12.7. The lowest BCUT2D eigenvalue weighted by molar-refractivity contribution is -0.384. The Hall–Kier alpha value is -4.72. The summed E-state index contributed by atoms with van der Waals surface area (Å²) < 4.78 is 11.5. The van der Waals surface area contributed by atoms with Crippen molar-refractivity contribution in [1.82, 2.24) is 4.98 Å². The fourth-order valence-corrected chi connectivity index (χ4v) is 3.41. The van der Waals surface area contributed by atoms with E-state index in [1.54, 1.807) is 36.4 Å². The summed E-state index contributed by atoms with van der Waals surface area (Å²) in [7, 11) is 0. The number of carbonyl (C=O) groups excluding carboxylic acids is 1. The standard InChI is InChI=1S/C25H17N3O5/c1-15-5-7-16(8-6-15)25-27-20-14-18(9-10-22(20)33-25)26-24(29)23-12-11-21(32-23)17-3-2-4-19(13-17)28(30)31/h2-14H,1H3,(H,26,29). The molecular formula is C25H17N3O5. The molecule has 0 atom stereocenters. The molecule has 162 valence electrons. The zero-order valence-corrected chi connectivity index (χ0v) is 17.4. The molecule has 0 saturated heterocycles. The number of aromatic nitrogens is 1. The molecule has 8 heteroatoms. The van der Waals surface area contributed by atoms with Gasteiger partial charge in [-0.1, -0.05) is 29.8 Å². The van der Waals surface area contributed by atoms with Gasteiger partial charge in [0.25, 0.3) is 11.6 Å². The van der Waals surface area contributed by atoms with Gasteiger partial charge in [0.05, 0.1) is 4.92 Å². The van der Waals surface area contributed by atoms with Crippen molar-refractivity contribution in [3.63, 3.8) is 0 Å². The minimum Gasteiger partial charge on any atom is -0.451 e. The van der Waals surface area contributed by atoms with Gasteiger partial charge in [-0.3, -0.25) is 14.9 Å². The Balaban J connectivity index is 1.35. The van der Waals surface area contributed by atoms with Crippen LogP contribution in [0.25, 0.3) is 33.9 Å². The van der Waals surface area contributed by atoms with Crippen molar-refractivity contribution in [2.45, 2.75) is 6.92 Å². The number of furan rings is 1. The van der Waals surface area contributed by atoms with Crippen LogP contribution < -0.4 is 5.32 Å². The molecule has 5 aromatic rings. The van der Waals surface area contributed by atoms with Crippen LogP contribution in [0.4, 0.5) is 11.4 Å². The lowest BCUT2D eigenvalue weighted by atomic mass is 10.1. The van der Waals surface area contributed by atoms with Gasteiger partial charge in [0.2, 0.25) is 5.89 Å². The normalized spacial score (nSPS) is 10.9. The smallest absolute Gasteiger partial charge is 0.291 e. The van der Waals surface area contributed by atoms with Crippen molar-refractivity contribution < 1.29 is 18.6 Å². The average molecular weight is 439 g/mol. The number of benzene rings is 3. The molecule has 0 unspecified atom stereocenters. The van der Waals surface area contributed by atoms with E-state index >= 15 is 0 Å². The Morgan fingerprint density at radius 1 is 0.939 bits per heavy atom. The Morgan fingerprint density at radius 3 is 2.55 bits per heavy atom. The predicted molar refractivity (Wildman–Crippen MR) is 123 cm³/mol. The fourth-order valence-electron chi connectivity index (χ4n) is 3.41. The summed E-state index contributed by atoms with van der Waals surface area (Å²) >= 11 is 0. The van der Waals surface area contributed by atoms with Crippen molar-refractivity contribution in [1.29, 1.82) is 0 Å². The Kier molecular flexibility index (Phi) is 4.95.